The predicted molar refractivity (Wildman–Crippen MR) is 147 cm³/mol. The summed E-state index contributed by atoms with van der Waals surface area (Å²) >= 11 is 0. The number of aliphatic hydroxyl groups is 1. The van der Waals surface area contributed by atoms with Gasteiger partial charge >= 0.3 is 0 Å². The Hall–Kier alpha value is -3.39. The Bertz CT molecular complexity index is 1320. The van der Waals surface area contributed by atoms with Crippen LogP contribution in [0.25, 0.3) is 0 Å². The van der Waals surface area contributed by atoms with Crippen LogP contribution in [0.1, 0.15) is 50.3 Å². The first kappa shape index (κ1) is 28.1. The number of amides is 1. The number of nitrogens with zero attached hydrogens (tertiary/aromatic N) is 4. The summed E-state index contributed by atoms with van der Waals surface area (Å²) in [7, 11) is 1.61. The Morgan fingerprint density at radius 2 is 1.98 bits per heavy atom. The molecule has 0 radical (unpaired) electrons. The zero-order valence-corrected chi connectivity index (χ0v) is 24.0. The highest BCUT2D eigenvalue weighted by molar-refractivity contribution is 5.82. The maximum absolute atomic E-state index is 13.4. The van der Waals surface area contributed by atoms with E-state index in [1.165, 1.54) is 0 Å². The van der Waals surface area contributed by atoms with Gasteiger partial charge in [-0.3, -0.25) is 4.79 Å². The number of rotatable bonds is 7. The molecule has 3 fully saturated rings. The Labute approximate surface area is 235 Å². The van der Waals surface area contributed by atoms with Crippen molar-refractivity contribution in [2.45, 2.75) is 64.6 Å². The molecular weight excluding hydrogens is 512 g/mol. The van der Waals surface area contributed by atoms with Crippen LogP contribution in [0.3, 0.4) is 0 Å². The van der Waals surface area contributed by atoms with Crippen molar-refractivity contribution in [3.05, 3.63) is 47.2 Å². The number of methoxy groups -OCH3 is 1. The van der Waals surface area contributed by atoms with Crippen molar-refractivity contribution >= 4 is 11.7 Å². The van der Waals surface area contributed by atoms with Gasteiger partial charge in [0.2, 0.25) is 0 Å². The first-order chi connectivity index (χ1) is 18.9. The molecule has 10 nitrogen and oxygen atoms in total. The molecular formula is C30H38N4O6. The van der Waals surface area contributed by atoms with E-state index in [1.54, 1.807) is 45.0 Å². The fraction of sp³-hybridized carbons (Fsp3) is 0.567. The number of aliphatic hydroxyl groups excluding tert-OH is 1. The molecule has 1 amide bonds. The summed E-state index contributed by atoms with van der Waals surface area (Å²) in [6.45, 7) is 11.6. The highest BCUT2D eigenvalue weighted by atomic mass is 16.7. The minimum atomic E-state index is -0.792. The van der Waals surface area contributed by atoms with E-state index in [4.69, 9.17) is 18.9 Å². The lowest BCUT2D eigenvalue weighted by Crippen LogP contribution is -2.54. The molecule has 0 saturated carbocycles. The van der Waals surface area contributed by atoms with Crippen molar-refractivity contribution < 1.29 is 28.8 Å². The Balaban J connectivity index is 1.32. The summed E-state index contributed by atoms with van der Waals surface area (Å²) in [5, 5.41) is 20.2. The fourth-order valence-corrected chi connectivity index (χ4v) is 5.79. The van der Waals surface area contributed by atoms with E-state index in [9.17, 15) is 15.2 Å². The molecule has 10 heteroatoms. The van der Waals surface area contributed by atoms with Gasteiger partial charge in [-0.05, 0) is 57.0 Å². The monoisotopic (exact) mass is 550 g/mol. The highest BCUT2D eigenvalue weighted by Gasteiger charge is 2.50. The Morgan fingerprint density at radius 3 is 2.60 bits per heavy atom. The molecule has 1 N–H and O–H groups in total. The molecule has 214 valence electrons. The smallest absolute Gasteiger partial charge is 0.254 e. The van der Waals surface area contributed by atoms with E-state index < -0.39 is 23.4 Å². The minimum absolute atomic E-state index is 0.0783. The number of hydrogen-bond acceptors (Lipinski definition) is 9. The maximum Gasteiger partial charge on any atom is 0.254 e. The molecule has 0 spiro atoms. The predicted octanol–water partition coefficient (Wildman–Crippen LogP) is 3.00. The fourth-order valence-electron chi connectivity index (χ4n) is 5.79. The molecule has 4 atom stereocenters. The van der Waals surface area contributed by atoms with E-state index in [-0.39, 0.29) is 24.5 Å². The van der Waals surface area contributed by atoms with Crippen LogP contribution in [0, 0.1) is 23.7 Å². The van der Waals surface area contributed by atoms with Crippen LogP contribution in [0.4, 0.5) is 5.82 Å². The van der Waals surface area contributed by atoms with E-state index >= 15 is 0 Å². The van der Waals surface area contributed by atoms with Gasteiger partial charge in [0.05, 0.1) is 44.5 Å². The van der Waals surface area contributed by atoms with Crippen molar-refractivity contribution in [1.29, 1.82) is 5.26 Å². The van der Waals surface area contributed by atoms with Crippen molar-refractivity contribution in [3.8, 4) is 17.6 Å². The highest BCUT2D eigenvalue weighted by Crippen LogP contribution is 2.47. The molecule has 2 aromatic rings. The van der Waals surface area contributed by atoms with Crippen LogP contribution in [-0.2, 0) is 14.3 Å². The molecule has 1 aromatic heterocycles. The lowest BCUT2D eigenvalue weighted by Gasteiger charge is -2.40. The summed E-state index contributed by atoms with van der Waals surface area (Å²) in [5.41, 5.74) is 1.86. The maximum atomic E-state index is 13.4. The molecule has 3 saturated heterocycles. The molecule has 0 bridgehead atoms. The first-order valence-electron chi connectivity index (χ1n) is 13.7. The normalized spacial score (nSPS) is 26.8. The van der Waals surface area contributed by atoms with Gasteiger partial charge in [0.1, 0.15) is 11.9 Å². The molecule has 5 rings (SSSR count). The molecule has 3 aliphatic heterocycles. The van der Waals surface area contributed by atoms with Crippen molar-refractivity contribution in [3.63, 3.8) is 0 Å². The quantitative estimate of drug-likeness (QED) is 0.555. The zero-order valence-electron chi connectivity index (χ0n) is 24.0. The topological polar surface area (TPSA) is 117 Å². The standard InChI is InChI=1S/C30H38N4O6/c1-18-12-32-27(10-21(18)11-31)33-13-22(14-33)39-25-9-20(7-8-24(25)37-6)23-15-34(17-30(23,5)19(2)35)28(36)26-16-38-29(3,4)40-26/h7-10,12,19,22-23,26,35H,13-17H2,1-6H3/t19-,23+,26?,30+/m1/s1. The SMILES string of the molecule is COc1ccc([C@@H]2CN(C(=O)C3COC(C)(C)O3)C[C@@]2(C)[C@@H](C)O)cc1OC1CN(c2cc(C#N)c(C)cn2)C1. The van der Waals surface area contributed by atoms with Crippen LogP contribution >= 0.6 is 0 Å². The zero-order chi connectivity index (χ0) is 28.8. The number of likely N-dealkylation sites (tertiary alicyclic amines) is 1. The second-order valence-corrected chi connectivity index (χ2v) is 11.8. The number of ether oxygens (including phenoxy) is 4. The number of aryl methyl sites for hydroxylation is 1. The number of carbonyl (C=O) groups excluding carboxylic acids is 1. The van der Waals surface area contributed by atoms with Crippen LogP contribution < -0.4 is 14.4 Å². The van der Waals surface area contributed by atoms with Crippen molar-refractivity contribution in [2.24, 2.45) is 5.41 Å². The van der Waals surface area contributed by atoms with E-state index in [2.05, 4.69) is 16.0 Å². The minimum Gasteiger partial charge on any atom is -0.493 e. The van der Waals surface area contributed by atoms with Gasteiger partial charge in [-0.1, -0.05) is 13.0 Å². The largest absolute Gasteiger partial charge is 0.493 e. The number of aromatic nitrogens is 1. The molecule has 3 aliphatic rings. The lowest BCUT2D eigenvalue weighted by molar-refractivity contribution is -0.159. The molecule has 1 aromatic carbocycles. The van der Waals surface area contributed by atoms with Crippen LogP contribution in [-0.4, -0.2) is 84.9 Å². The molecule has 1 unspecified atom stereocenters. The number of hydrogen-bond donors (Lipinski definition) is 1. The third-order valence-electron chi connectivity index (χ3n) is 8.55. The van der Waals surface area contributed by atoms with Gasteiger partial charge in [0.25, 0.3) is 5.91 Å². The van der Waals surface area contributed by atoms with Gasteiger partial charge in [-0.2, -0.15) is 5.26 Å². The second-order valence-electron chi connectivity index (χ2n) is 11.8. The number of pyridine rings is 1. The van der Waals surface area contributed by atoms with Crippen LogP contribution in [0.15, 0.2) is 30.5 Å². The summed E-state index contributed by atoms with van der Waals surface area (Å²) < 4.78 is 23.4. The first-order valence-corrected chi connectivity index (χ1v) is 13.7. The van der Waals surface area contributed by atoms with Gasteiger partial charge in [0, 0.05) is 30.6 Å². The number of benzene rings is 1. The van der Waals surface area contributed by atoms with E-state index in [0.717, 1.165) is 16.9 Å². The third-order valence-corrected chi connectivity index (χ3v) is 8.55. The van der Waals surface area contributed by atoms with Crippen molar-refractivity contribution in [1.82, 2.24) is 9.88 Å². The molecule has 4 heterocycles. The summed E-state index contributed by atoms with van der Waals surface area (Å²) in [5.74, 6) is 0.950. The van der Waals surface area contributed by atoms with Gasteiger partial charge in [-0.25, -0.2) is 4.98 Å². The number of anilines is 1. The lowest BCUT2D eigenvalue weighted by atomic mass is 9.72. The van der Waals surface area contributed by atoms with Crippen LogP contribution in [0.5, 0.6) is 11.5 Å². The summed E-state index contributed by atoms with van der Waals surface area (Å²) in [6.07, 6.45) is 0.330. The molecule has 40 heavy (non-hydrogen) atoms. The Kier molecular flexibility index (Phi) is 7.42. The average molecular weight is 551 g/mol. The van der Waals surface area contributed by atoms with Crippen molar-refractivity contribution in [2.75, 3.05) is 44.8 Å². The summed E-state index contributed by atoms with van der Waals surface area (Å²) in [6, 6.07) is 9.85. The third kappa shape index (κ3) is 5.21. The molecule has 0 aliphatic carbocycles. The second kappa shape index (κ2) is 10.5. The van der Waals surface area contributed by atoms with Gasteiger partial charge in [0.15, 0.2) is 23.4 Å². The number of carbonyl (C=O) groups is 1. The van der Waals surface area contributed by atoms with Crippen LogP contribution in [0.2, 0.25) is 0 Å². The van der Waals surface area contributed by atoms with E-state index in [0.29, 0.717) is 43.2 Å². The average Bonchev–Trinajstić information content (AvgIpc) is 3.46. The van der Waals surface area contributed by atoms with E-state index in [1.807, 2.05) is 32.0 Å². The van der Waals surface area contributed by atoms with Gasteiger partial charge in [-0.15, -0.1) is 0 Å². The number of nitriles is 1. The Morgan fingerprint density at radius 1 is 1.23 bits per heavy atom. The summed E-state index contributed by atoms with van der Waals surface area (Å²) in [4.78, 5) is 21.7. The van der Waals surface area contributed by atoms with Gasteiger partial charge < -0.3 is 33.9 Å².